The highest BCUT2D eigenvalue weighted by atomic mass is 32.2. The number of amides is 2. The fraction of sp³-hybridized carbons (Fsp3) is 0.364. The number of hydrogen-bond acceptors (Lipinski definition) is 4. The van der Waals surface area contributed by atoms with Crippen LogP contribution in [0.3, 0.4) is 0 Å². The van der Waals surface area contributed by atoms with Crippen LogP contribution in [0.25, 0.3) is 0 Å². The van der Waals surface area contributed by atoms with E-state index in [2.05, 4.69) is 10.6 Å². The van der Waals surface area contributed by atoms with Gasteiger partial charge in [0.05, 0.1) is 4.90 Å². The van der Waals surface area contributed by atoms with Crippen molar-refractivity contribution < 1.29 is 13.2 Å². The Morgan fingerprint density at radius 1 is 1.21 bits per heavy atom. The van der Waals surface area contributed by atoms with E-state index >= 15 is 0 Å². The van der Waals surface area contributed by atoms with E-state index in [0.717, 1.165) is 13.1 Å². The summed E-state index contributed by atoms with van der Waals surface area (Å²) in [5.41, 5.74) is 0.538. The van der Waals surface area contributed by atoms with Gasteiger partial charge in [-0.2, -0.15) is 0 Å². The quantitative estimate of drug-likeness (QED) is 0.697. The topological polar surface area (TPSA) is 105 Å². The molecule has 0 saturated carbocycles. The van der Waals surface area contributed by atoms with Crippen molar-refractivity contribution in [2.75, 3.05) is 31.5 Å². The number of anilines is 1. The van der Waals surface area contributed by atoms with Gasteiger partial charge in [-0.3, -0.25) is 0 Å². The number of nitrogens with two attached hydrogens (primary N) is 1. The molecule has 1 saturated heterocycles. The van der Waals surface area contributed by atoms with Crippen molar-refractivity contribution in [1.29, 1.82) is 0 Å². The summed E-state index contributed by atoms with van der Waals surface area (Å²) in [5, 5.41) is 10.9. The zero-order valence-corrected chi connectivity index (χ0v) is 11.1. The molecule has 1 aliphatic rings. The van der Waals surface area contributed by atoms with Crippen LogP contribution in [0.1, 0.15) is 0 Å². The summed E-state index contributed by atoms with van der Waals surface area (Å²) >= 11 is 0. The van der Waals surface area contributed by atoms with Crippen LogP contribution in [-0.2, 0) is 10.0 Å². The molecule has 104 valence electrons. The first-order valence-electron chi connectivity index (χ1n) is 5.86. The van der Waals surface area contributed by atoms with Gasteiger partial charge in [-0.05, 0) is 24.3 Å². The number of hydrogen-bond donors (Lipinski definition) is 3. The van der Waals surface area contributed by atoms with Gasteiger partial charge >= 0.3 is 6.03 Å². The zero-order chi connectivity index (χ0) is 13.9. The van der Waals surface area contributed by atoms with Gasteiger partial charge in [-0.1, -0.05) is 0 Å². The molecule has 8 heteroatoms. The van der Waals surface area contributed by atoms with Gasteiger partial charge in [-0.15, -0.1) is 0 Å². The molecule has 2 rings (SSSR count). The molecule has 0 bridgehead atoms. The Morgan fingerprint density at radius 3 is 2.32 bits per heavy atom. The van der Waals surface area contributed by atoms with Gasteiger partial charge < -0.3 is 15.5 Å². The van der Waals surface area contributed by atoms with Crippen LogP contribution >= 0.6 is 0 Å². The van der Waals surface area contributed by atoms with Crippen LogP contribution in [0, 0.1) is 0 Å². The normalized spacial score (nSPS) is 16.2. The SMILES string of the molecule is NS(=O)(=O)c1ccc(NC(=O)N2CCNCC2)cc1. The highest BCUT2D eigenvalue weighted by Crippen LogP contribution is 2.13. The lowest BCUT2D eigenvalue weighted by Gasteiger charge is -2.27. The molecular formula is C11H16N4O3S. The second-order valence-corrected chi connectivity index (χ2v) is 5.80. The van der Waals surface area contributed by atoms with Crippen molar-refractivity contribution in [3.8, 4) is 0 Å². The summed E-state index contributed by atoms with van der Waals surface area (Å²) < 4.78 is 22.2. The lowest BCUT2D eigenvalue weighted by Crippen LogP contribution is -2.48. The average Bonchev–Trinajstić information content (AvgIpc) is 2.39. The number of carbonyl (C=O) groups is 1. The second kappa shape index (κ2) is 5.55. The smallest absolute Gasteiger partial charge is 0.321 e. The number of urea groups is 1. The summed E-state index contributed by atoms with van der Waals surface area (Å²) in [6.45, 7) is 2.86. The van der Waals surface area contributed by atoms with E-state index in [4.69, 9.17) is 5.14 Å². The Bertz CT molecular complexity index is 550. The maximum atomic E-state index is 11.9. The number of carbonyl (C=O) groups excluding carboxylic acids is 1. The van der Waals surface area contributed by atoms with Crippen LogP contribution in [0.5, 0.6) is 0 Å². The minimum absolute atomic E-state index is 0.0210. The van der Waals surface area contributed by atoms with E-state index in [9.17, 15) is 13.2 Å². The molecule has 0 unspecified atom stereocenters. The molecular weight excluding hydrogens is 268 g/mol. The summed E-state index contributed by atoms with van der Waals surface area (Å²) in [5.74, 6) is 0. The molecule has 0 aliphatic carbocycles. The predicted octanol–water partition coefficient (Wildman–Crippen LogP) is -0.229. The number of benzene rings is 1. The summed E-state index contributed by atoms with van der Waals surface area (Å²) in [6.07, 6.45) is 0. The third-order valence-corrected chi connectivity index (χ3v) is 3.77. The standard InChI is InChI=1S/C11H16N4O3S/c12-19(17,18)10-3-1-9(2-4-10)14-11(16)15-7-5-13-6-8-15/h1-4,13H,5-8H2,(H,14,16)(H2,12,17,18). The molecule has 1 aromatic rings. The van der Waals surface area contributed by atoms with Crippen LogP contribution in [0.4, 0.5) is 10.5 Å². The minimum atomic E-state index is -3.70. The first-order chi connectivity index (χ1) is 8.97. The summed E-state index contributed by atoms with van der Waals surface area (Å²) in [7, 11) is -3.70. The number of primary sulfonamides is 1. The molecule has 7 nitrogen and oxygen atoms in total. The Labute approximate surface area is 111 Å². The van der Waals surface area contributed by atoms with E-state index in [1.807, 2.05) is 0 Å². The van der Waals surface area contributed by atoms with Gasteiger partial charge in [0.25, 0.3) is 0 Å². The number of nitrogens with one attached hydrogen (secondary N) is 2. The fourth-order valence-electron chi connectivity index (χ4n) is 1.80. The maximum absolute atomic E-state index is 11.9. The van der Waals surface area contributed by atoms with Gasteiger partial charge in [0.2, 0.25) is 10.0 Å². The molecule has 4 N–H and O–H groups in total. The Balaban J connectivity index is 2.01. The minimum Gasteiger partial charge on any atom is -0.322 e. The largest absolute Gasteiger partial charge is 0.322 e. The molecule has 0 atom stereocenters. The molecule has 2 amide bonds. The average molecular weight is 284 g/mol. The Hall–Kier alpha value is -1.64. The van der Waals surface area contributed by atoms with E-state index in [1.54, 1.807) is 4.90 Å². The highest BCUT2D eigenvalue weighted by molar-refractivity contribution is 7.89. The van der Waals surface area contributed by atoms with E-state index in [-0.39, 0.29) is 10.9 Å². The molecule has 1 heterocycles. The summed E-state index contributed by atoms with van der Waals surface area (Å²) in [6, 6.07) is 5.57. The maximum Gasteiger partial charge on any atom is 0.321 e. The Kier molecular flexibility index (Phi) is 4.03. The van der Waals surface area contributed by atoms with Crippen LogP contribution in [0.2, 0.25) is 0 Å². The molecule has 19 heavy (non-hydrogen) atoms. The van der Waals surface area contributed by atoms with Crippen LogP contribution in [0.15, 0.2) is 29.2 Å². The first-order valence-corrected chi connectivity index (χ1v) is 7.41. The number of sulfonamides is 1. The number of piperazine rings is 1. The zero-order valence-electron chi connectivity index (χ0n) is 10.3. The van der Waals surface area contributed by atoms with Gasteiger partial charge in [0.1, 0.15) is 0 Å². The lowest BCUT2D eigenvalue weighted by atomic mass is 10.3. The summed E-state index contributed by atoms with van der Waals surface area (Å²) in [4.78, 5) is 13.6. The molecule has 0 aromatic heterocycles. The van der Waals surface area contributed by atoms with Crippen molar-refractivity contribution in [2.24, 2.45) is 5.14 Å². The van der Waals surface area contributed by atoms with Crippen LogP contribution in [-0.4, -0.2) is 45.5 Å². The van der Waals surface area contributed by atoms with E-state index in [0.29, 0.717) is 18.8 Å². The highest BCUT2D eigenvalue weighted by Gasteiger charge is 2.16. The second-order valence-electron chi connectivity index (χ2n) is 4.24. The van der Waals surface area contributed by atoms with Crippen molar-refractivity contribution >= 4 is 21.7 Å². The third kappa shape index (κ3) is 3.66. The third-order valence-electron chi connectivity index (χ3n) is 2.84. The molecule has 0 spiro atoms. The van der Waals surface area contributed by atoms with E-state index in [1.165, 1.54) is 24.3 Å². The number of nitrogens with zero attached hydrogens (tertiary/aromatic N) is 1. The molecule has 1 fully saturated rings. The lowest BCUT2D eigenvalue weighted by molar-refractivity contribution is 0.204. The first kappa shape index (κ1) is 13.8. The number of rotatable bonds is 2. The van der Waals surface area contributed by atoms with Crippen molar-refractivity contribution in [2.45, 2.75) is 4.90 Å². The van der Waals surface area contributed by atoms with Crippen LogP contribution < -0.4 is 15.8 Å². The monoisotopic (exact) mass is 284 g/mol. The van der Waals surface area contributed by atoms with Crippen molar-refractivity contribution in [3.63, 3.8) is 0 Å². The van der Waals surface area contributed by atoms with Gasteiger partial charge in [-0.25, -0.2) is 18.4 Å². The molecule has 1 aromatic carbocycles. The van der Waals surface area contributed by atoms with Crippen molar-refractivity contribution in [1.82, 2.24) is 10.2 Å². The molecule has 1 aliphatic heterocycles. The predicted molar refractivity (Wildman–Crippen MR) is 71.3 cm³/mol. The molecule has 0 radical (unpaired) electrons. The van der Waals surface area contributed by atoms with Gasteiger partial charge in [0.15, 0.2) is 0 Å². The Morgan fingerprint density at radius 2 is 1.79 bits per heavy atom. The van der Waals surface area contributed by atoms with E-state index < -0.39 is 10.0 Å². The van der Waals surface area contributed by atoms with Gasteiger partial charge in [0, 0.05) is 31.9 Å². The fourth-order valence-corrected chi connectivity index (χ4v) is 2.31. The van der Waals surface area contributed by atoms with Crippen molar-refractivity contribution in [3.05, 3.63) is 24.3 Å².